The smallest absolute Gasteiger partial charge is 0.233 e. The molecule has 5 rings (SSSR count). The largest absolute Gasteiger partial charge is 0.473 e. The summed E-state index contributed by atoms with van der Waals surface area (Å²) < 4.78 is 7.63. The van der Waals surface area contributed by atoms with Crippen molar-refractivity contribution in [2.75, 3.05) is 24.5 Å². The molecule has 1 aromatic carbocycles. The first-order chi connectivity index (χ1) is 16.5. The SMILES string of the molecule is Cc1ccc(N2CC(C(=O)N3CCC(Oc4ccc(-n5cccn5)nn4)CC3)CC2=O)cc1C. The minimum atomic E-state index is -0.299. The molecule has 34 heavy (non-hydrogen) atoms. The summed E-state index contributed by atoms with van der Waals surface area (Å²) >= 11 is 0. The lowest BCUT2D eigenvalue weighted by atomic mass is 10.0. The summed E-state index contributed by atoms with van der Waals surface area (Å²) in [6.07, 6.45) is 5.16. The zero-order valence-corrected chi connectivity index (χ0v) is 19.4. The minimum Gasteiger partial charge on any atom is -0.473 e. The van der Waals surface area contributed by atoms with E-state index in [9.17, 15) is 9.59 Å². The molecule has 0 radical (unpaired) electrons. The summed E-state index contributed by atoms with van der Waals surface area (Å²) in [5, 5.41) is 12.4. The molecule has 0 aliphatic carbocycles. The molecule has 2 saturated heterocycles. The summed E-state index contributed by atoms with van der Waals surface area (Å²) in [7, 11) is 0. The van der Waals surface area contributed by atoms with Crippen molar-refractivity contribution in [2.45, 2.75) is 39.2 Å². The fourth-order valence-corrected chi connectivity index (χ4v) is 4.54. The van der Waals surface area contributed by atoms with E-state index in [0.29, 0.717) is 31.3 Å². The normalized spacial score (nSPS) is 19.0. The summed E-state index contributed by atoms with van der Waals surface area (Å²) in [6.45, 7) is 5.74. The standard InChI is InChI=1S/C25H28N6O3/c1-17-4-5-20(14-18(17)2)30-16-19(15-24(30)32)25(33)29-12-8-21(9-13-29)34-23-7-6-22(27-28-23)31-11-3-10-26-31/h3-7,10-11,14,19,21H,8-9,12-13,15-16H2,1-2H3. The number of rotatable bonds is 5. The van der Waals surface area contributed by atoms with Crippen LogP contribution in [0.2, 0.25) is 0 Å². The maximum Gasteiger partial charge on any atom is 0.233 e. The van der Waals surface area contributed by atoms with Crippen LogP contribution in [0.1, 0.15) is 30.4 Å². The second kappa shape index (κ2) is 9.24. The quantitative estimate of drug-likeness (QED) is 0.581. The molecule has 1 atom stereocenters. The molecule has 2 amide bonds. The molecule has 0 spiro atoms. The van der Waals surface area contributed by atoms with Crippen molar-refractivity contribution < 1.29 is 14.3 Å². The fraction of sp³-hybridized carbons (Fsp3) is 0.400. The number of carbonyl (C=O) groups excluding carboxylic acids is 2. The van der Waals surface area contributed by atoms with Gasteiger partial charge in [-0.2, -0.15) is 5.10 Å². The number of ether oxygens (including phenoxy) is 1. The van der Waals surface area contributed by atoms with Gasteiger partial charge < -0.3 is 14.5 Å². The number of carbonyl (C=O) groups is 2. The molecule has 2 aliphatic rings. The molecule has 2 aliphatic heterocycles. The highest BCUT2D eigenvalue weighted by Crippen LogP contribution is 2.29. The first-order valence-electron chi connectivity index (χ1n) is 11.6. The Bertz CT molecular complexity index is 1170. The van der Waals surface area contributed by atoms with Gasteiger partial charge in [-0.3, -0.25) is 9.59 Å². The van der Waals surface area contributed by atoms with Gasteiger partial charge in [-0.1, -0.05) is 6.07 Å². The number of benzene rings is 1. The number of nitrogens with zero attached hydrogens (tertiary/aromatic N) is 6. The van der Waals surface area contributed by atoms with Crippen LogP contribution in [-0.4, -0.2) is 62.4 Å². The second-order valence-electron chi connectivity index (χ2n) is 9.00. The van der Waals surface area contributed by atoms with E-state index in [4.69, 9.17) is 4.74 Å². The monoisotopic (exact) mass is 460 g/mol. The zero-order chi connectivity index (χ0) is 23.7. The van der Waals surface area contributed by atoms with Crippen LogP contribution in [0.4, 0.5) is 5.69 Å². The Morgan fingerprint density at radius 1 is 1.06 bits per heavy atom. The van der Waals surface area contributed by atoms with Crippen molar-refractivity contribution >= 4 is 17.5 Å². The van der Waals surface area contributed by atoms with E-state index in [1.54, 1.807) is 28.0 Å². The first kappa shape index (κ1) is 22.1. The van der Waals surface area contributed by atoms with E-state index >= 15 is 0 Å². The van der Waals surface area contributed by atoms with Crippen molar-refractivity contribution in [3.05, 3.63) is 59.9 Å². The highest BCUT2D eigenvalue weighted by atomic mass is 16.5. The average Bonchev–Trinajstić information content (AvgIpc) is 3.52. The van der Waals surface area contributed by atoms with E-state index in [1.807, 2.05) is 49.1 Å². The maximum absolute atomic E-state index is 13.1. The number of piperidine rings is 1. The van der Waals surface area contributed by atoms with Crippen molar-refractivity contribution in [2.24, 2.45) is 5.92 Å². The highest BCUT2D eigenvalue weighted by Gasteiger charge is 2.38. The van der Waals surface area contributed by atoms with Gasteiger partial charge in [0.15, 0.2) is 5.82 Å². The lowest BCUT2D eigenvalue weighted by Crippen LogP contribution is -2.45. The molecule has 9 heteroatoms. The number of anilines is 1. The molecule has 0 bridgehead atoms. The van der Waals surface area contributed by atoms with Gasteiger partial charge in [-0.05, 0) is 49.2 Å². The van der Waals surface area contributed by atoms with E-state index in [2.05, 4.69) is 15.3 Å². The third-order valence-electron chi connectivity index (χ3n) is 6.68. The fourth-order valence-electron chi connectivity index (χ4n) is 4.54. The van der Waals surface area contributed by atoms with Crippen LogP contribution in [0.15, 0.2) is 48.8 Å². The van der Waals surface area contributed by atoms with Crippen LogP contribution in [0.3, 0.4) is 0 Å². The molecular weight excluding hydrogens is 432 g/mol. The first-order valence-corrected chi connectivity index (χ1v) is 11.6. The lowest BCUT2D eigenvalue weighted by molar-refractivity contribution is -0.137. The van der Waals surface area contributed by atoms with Gasteiger partial charge in [0, 0.05) is 63.0 Å². The van der Waals surface area contributed by atoms with E-state index < -0.39 is 0 Å². The summed E-state index contributed by atoms with van der Waals surface area (Å²) in [4.78, 5) is 29.4. The van der Waals surface area contributed by atoms with Crippen molar-refractivity contribution in [1.82, 2.24) is 24.9 Å². The maximum atomic E-state index is 13.1. The molecule has 3 aromatic rings. The predicted molar refractivity (Wildman–Crippen MR) is 126 cm³/mol. The number of likely N-dealkylation sites (tertiary alicyclic amines) is 1. The predicted octanol–water partition coefficient (Wildman–Crippen LogP) is 2.70. The lowest BCUT2D eigenvalue weighted by Gasteiger charge is -2.33. The minimum absolute atomic E-state index is 0.0111. The third-order valence-corrected chi connectivity index (χ3v) is 6.68. The van der Waals surface area contributed by atoms with E-state index in [-0.39, 0.29) is 30.3 Å². The Morgan fingerprint density at radius 2 is 1.88 bits per heavy atom. The van der Waals surface area contributed by atoms with Gasteiger partial charge in [-0.15, -0.1) is 10.2 Å². The molecular formula is C25H28N6O3. The van der Waals surface area contributed by atoms with Gasteiger partial charge in [0.1, 0.15) is 6.10 Å². The van der Waals surface area contributed by atoms with Crippen LogP contribution in [0.5, 0.6) is 5.88 Å². The molecule has 0 N–H and O–H groups in total. The Hall–Kier alpha value is -3.75. The molecule has 2 aromatic heterocycles. The second-order valence-corrected chi connectivity index (χ2v) is 9.00. The summed E-state index contributed by atoms with van der Waals surface area (Å²) in [6, 6.07) is 11.4. The van der Waals surface area contributed by atoms with Gasteiger partial charge in [0.05, 0.1) is 5.92 Å². The topological polar surface area (TPSA) is 93.4 Å². The Balaban J connectivity index is 1.14. The van der Waals surface area contributed by atoms with Crippen molar-refractivity contribution in [3.8, 4) is 11.7 Å². The van der Waals surface area contributed by atoms with Crippen LogP contribution >= 0.6 is 0 Å². The van der Waals surface area contributed by atoms with Crippen molar-refractivity contribution in [3.63, 3.8) is 0 Å². The van der Waals surface area contributed by atoms with Crippen LogP contribution in [0.25, 0.3) is 5.82 Å². The van der Waals surface area contributed by atoms with E-state index in [0.717, 1.165) is 24.1 Å². The number of aromatic nitrogens is 4. The molecule has 176 valence electrons. The number of amides is 2. The number of aryl methyl sites for hydroxylation is 2. The highest BCUT2D eigenvalue weighted by molar-refractivity contribution is 6.00. The molecule has 9 nitrogen and oxygen atoms in total. The molecule has 4 heterocycles. The third kappa shape index (κ3) is 4.50. The van der Waals surface area contributed by atoms with Gasteiger partial charge in [0.25, 0.3) is 0 Å². The summed E-state index contributed by atoms with van der Waals surface area (Å²) in [5.74, 6) is 0.857. The Morgan fingerprint density at radius 3 is 2.56 bits per heavy atom. The van der Waals surface area contributed by atoms with Crippen LogP contribution < -0.4 is 9.64 Å². The molecule has 2 fully saturated rings. The number of hydrogen-bond acceptors (Lipinski definition) is 6. The van der Waals surface area contributed by atoms with Gasteiger partial charge >= 0.3 is 0 Å². The van der Waals surface area contributed by atoms with Crippen molar-refractivity contribution in [1.29, 1.82) is 0 Å². The van der Waals surface area contributed by atoms with E-state index in [1.165, 1.54) is 5.56 Å². The summed E-state index contributed by atoms with van der Waals surface area (Å²) in [5.41, 5.74) is 3.20. The average molecular weight is 461 g/mol. The Labute approximate surface area is 198 Å². The van der Waals surface area contributed by atoms with Gasteiger partial charge in [-0.25, -0.2) is 4.68 Å². The molecule has 1 unspecified atom stereocenters. The van der Waals surface area contributed by atoms with Crippen LogP contribution in [0, 0.1) is 19.8 Å². The zero-order valence-electron chi connectivity index (χ0n) is 19.4. The number of hydrogen-bond donors (Lipinski definition) is 0. The van der Waals surface area contributed by atoms with Crippen LogP contribution in [-0.2, 0) is 9.59 Å². The Kier molecular flexibility index (Phi) is 6.00. The van der Waals surface area contributed by atoms with Gasteiger partial charge in [0.2, 0.25) is 17.7 Å². The molecule has 0 saturated carbocycles.